The van der Waals surface area contributed by atoms with Gasteiger partial charge in [-0.1, -0.05) is 13.8 Å². The second-order valence-electron chi connectivity index (χ2n) is 4.14. The molecule has 0 aliphatic rings. The smallest absolute Gasteiger partial charge is 0.322 e. The van der Waals surface area contributed by atoms with Gasteiger partial charge in [-0.05, 0) is 24.4 Å². The third kappa shape index (κ3) is 3.80. The molecular formula is C12H17ClN6O. The maximum Gasteiger partial charge on any atom is 0.322 e. The van der Waals surface area contributed by atoms with E-state index in [1.54, 1.807) is 12.4 Å². The van der Waals surface area contributed by atoms with Crippen LogP contribution >= 0.6 is 11.6 Å². The Morgan fingerprint density at radius 3 is 2.85 bits per heavy atom. The van der Waals surface area contributed by atoms with Crippen LogP contribution in [0.5, 0.6) is 6.01 Å². The number of nitrogens with zero attached hydrogens (tertiary/aromatic N) is 4. The van der Waals surface area contributed by atoms with Gasteiger partial charge in [0, 0.05) is 12.4 Å². The number of hydrogen-bond acceptors (Lipinski definition) is 6. The van der Waals surface area contributed by atoms with Gasteiger partial charge in [0.2, 0.25) is 11.2 Å². The van der Waals surface area contributed by atoms with Crippen molar-refractivity contribution in [3.05, 3.63) is 23.5 Å². The van der Waals surface area contributed by atoms with Gasteiger partial charge in [0.1, 0.15) is 5.82 Å². The first-order valence-corrected chi connectivity index (χ1v) is 6.91. The van der Waals surface area contributed by atoms with Gasteiger partial charge in [-0.2, -0.15) is 15.0 Å². The van der Waals surface area contributed by atoms with Crippen LogP contribution in [0.3, 0.4) is 0 Å². The van der Waals surface area contributed by atoms with Crippen molar-refractivity contribution >= 4 is 17.5 Å². The highest BCUT2D eigenvalue weighted by Gasteiger charge is 2.14. The van der Waals surface area contributed by atoms with E-state index in [1.807, 2.05) is 13.8 Å². The molecule has 2 N–H and O–H groups in total. The average Bonchev–Trinajstić information content (AvgIpc) is 2.96. The quantitative estimate of drug-likeness (QED) is 0.816. The van der Waals surface area contributed by atoms with Crippen molar-refractivity contribution in [3.63, 3.8) is 0 Å². The second kappa shape index (κ2) is 7.04. The van der Waals surface area contributed by atoms with E-state index in [0.717, 1.165) is 18.7 Å². The Kier molecular flexibility index (Phi) is 5.11. The van der Waals surface area contributed by atoms with Crippen molar-refractivity contribution in [1.29, 1.82) is 0 Å². The molecule has 0 saturated heterocycles. The predicted octanol–water partition coefficient (Wildman–Crippen LogP) is 2.60. The lowest BCUT2D eigenvalue weighted by molar-refractivity contribution is 0.291. The van der Waals surface area contributed by atoms with Crippen LogP contribution in [0.15, 0.2) is 12.4 Å². The number of imidazole rings is 1. The highest BCUT2D eigenvalue weighted by atomic mass is 35.5. The maximum absolute atomic E-state index is 5.87. The Balaban J connectivity index is 2.13. The van der Waals surface area contributed by atoms with Crippen LogP contribution in [0.1, 0.15) is 38.6 Å². The lowest BCUT2D eigenvalue weighted by atomic mass is 10.2. The van der Waals surface area contributed by atoms with Gasteiger partial charge in [-0.25, -0.2) is 4.98 Å². The van der Waals surface area contributed by atoms with Crippen molar-refractivity contribution in [3.8, 4) is 6.01 Å². The molecule has 2 aromatic rings. The van der Waals surface area contributed by atoms with E-state index in [2.05, 4.69) is 30.2 Å². The molecule has 0 aliphatic carbocycles. The normalized spacial score (nSPS) is 12.2. The Bertz CT molecular complexity index is 533. The molecule has 2 rings (SSSR count). The molecule has 0 bridgehead atoms. The molecule has 108 valence electrons. The van der Waals surface area contributed by atoms with Crippen LogP contribution in [0.25, 0.3) is 0 Å². The number of ether oxygens (including phenoxy) is 1. The number of anilines is 1. The van der Waals surface area contributed by atoms with Crippen LogP contribution in [0, 0.1) is 0 Å². The molecule has 7 nitrogen and oxygen atoms in total. The van der Waals surface area contributed by atoms with E-state index >= 15 is 0 Å². The largest absolute Gasteiger partial charge is 0.463 e. The van der Waals surface area contributed by atoms with Crippen molar-refractivity contribution in [1.82, 2.24) is 24.9 Å². The Morgan fingerprint density at radius 1 is 1.35 bits per heavy atom. The number of nitrogens with one attached hydrogen (secondary N) is 2. The highest BCUT2D eigenvalue weighted by Crippen LogP contribution is 2.19. The molecule has 2 aromatic heterocycles. The standard InChI is InChI=1S/C12H17ClN6O/c1-3-7-20-12-18-10(13)17-11(19-12)16-8(4-2)9-14-5-6-15-9/h5-6,8H,3-4,7H2,1-2H3,(H,14,15)(H,16,17,18,19). The molecule has 0 saturated carbocycles. The number of aromatic nitrogens is 5. The molecule has 20 heavy (non-hydrogen) atoms. The minimum atomic E-state index is -0.0255. The molecule has 0 spiro atoms. The van der Waals surface area contributed by atoms with Gasteiger partial charge < -0.3 is 15.0 Å². The van der Waals surface area contributed by atoms with Gasteiger partial charge in [-0.3, -0.25) is 0 Å². The van der Waals surface area contributed by atoms with E-state index in [4.69, 9.17) is 16.3 Å². The minimum Gasteiger partial charge on any atom is -0.463 e. The van der Waals surface area contributed by atoms with E-state index in [9.17, 15) is 0 Å². The van der Waals surface area contributed by atoms with Crippen molar-refractivity contribution < 1.29 is 4.74 Å². The summed E-state index contributed by atoms with van der Waals surface area (Å²) in [6.07, 6.45) is 5.17. The predicted molar refractivity (Wildman–Crippen MR) is 75.9 cm³/mol. The zero-order valence-corrected chi connectivity index (χ0v) is 12.2. The van der Waals surface area contributed by atoms with Crippen molar-refractivity contribution in [2.75, 3.05) is 11.9 Å². The fourth-order valence-electron chi connectivity index (χ4n) is 1.64. The average molecular weight is 297 g/mol. The second-order valence-corrected chi connectivity index (χ2v) is 4.48. The van der Waals surface area contributed by atoms with Crippen LogP contribution in [-0.4, -0.2) is 31.5 Å². The molecule has 0 amide bonds. The number of aromatic amines is 1. The Hall–Kier alpha value is -1.89. The number of H-pyrrole nitrogens is 1. The van der Waals surface area contributed by atoms with Gasteiger partial charge in [0.15, 0.2) is 0 Å². The van der Waals surface area contributed by atoms with E-state index < -0.39 is 0 Å². The van der Waals surface area contributed by atoms with Crippen LogP contribution in [0.4, 0.5) is 5.95 Å². The Labute approximate surface area is 122 Å². The maximum atomic E-state index is 5.87. The summed E-state index contributed by atoms with van der Waals surface area (Å²) in [6, 6.07) is 0.200. The summed E-state index contributed by atoms with van der Waals surface area (Å²) in [5.41, 5.74) is 0. The molecule has 2 heterocycles. The summed E-state index contributed by atoms with van der Waals surface area (Å²) in [5, 5.41) is 3.27. The van der Waals surface area contributed by atoms with E-state index in [1.165, 1.54) is 0 Å². The van der Waals surface area contributed by atoms with Crippen LogP contribution in [0.2, 0.25) is 5.28 Å². The van der Waals surface area contributed by atoms with E-state index in [-0.39, 0.29) is 17.3 Å². The van der Waals surface area contributed by atoms with Crippen molar-refractivity contribution in [2.45, 2.75) is 32.7 Å². The van der Waals surface area contributed by atoms with Gasteiger partial charge in [-0.15, -0.1) is 0 Å². The summed E-state index contributed by atoms with van der Waals surface area (Å²) in [5.74, 6) is 1.19. The molecule has 1 atom stereocenters. The lowest BCUT2D eigenvalue weighted by Gasteiger charge is -2.14. The SMILES string of the molecule is CCCOc1nc(Cl)nc(NC(CC)c2ncc[nH]2)n1. The number of hydrogen-bond donors (Lipinski definition) is 2. The number of halogens is 1. The van der Waals surface area contributed by atoms with Gasteiger partial charge in [0.25, 0.3) is 0 Å². The summed E-state index contributed by atoms with van der Waals surface area (Å²) in [6.45, 7) is 4.58. The van der Waals surface area contributed by atoms with Crippen LogP contribution in [-0.2, 0) is 0 Å². The first kappa shape index (κ1) is 14.5. The fraction of sp³-hybridized carbons (Fsp3) is 0.500. The zero-order chi connectivity index (χ0) is 14.4. The molecule has 1 unspecified atom stereocenters. The summed E-state index contributed by atoms with van der Waals surface area (Å²) < 4.78 is 5.37. The minimum absolute atomic E-state index is 0.0255. The topological polar surface area (TPSA) is 88.6 Å². The molecule has 0 aromatic carbocycles. The van der Waals surface area contributed by atoms with Gasteiger partial charge >= 0.3 is 6.01 Å². The lowest BCUT2D eigenvalue weighted by Crippen LogP contribution is -2.14. The van der Waals surface area contributed by atoms with Crippen molar-refractivity contribution in [2.24, 2.45) is 0 Å². The third-order valence-corrected chi connectivity index (χ3v) is 2.75. The first-order valence-electron chi connectivity index (χ1n) is 6.53. The fourth-order valence-corrected chi connectivity index (χ4v) is 1.79. The van der Waals surface area contributed by atoms with Gasteiger partial charge in [0.05, 0.1) is 12.6 Å². The van der Waals surface area contributed by atoms with E-state index in [0.29, 0.717) is 12.6 Å². The Morgan fingerprint density at radius 2 is 2.20 bits per heavy atom. The molecule has 0 radical (unpaired) electrons. The summed E-state index contributed by atoms with van der Waals surface area (Å²) in [4.78, 5) is 19.4. The number of rotatable bonds is 7. The monoisotopic (exact) mass is 296 g/mol. The summed E-state index contributed by atoms with van der Waals surface area (Å²) in [7, 11) is 0. The van der Waals surface area contributed by atoms with Crippen LogP contribution < -0.4 is 10.1 Å². The molecule has 0 fully saturated rings. The highest BCUT2D eigenvalue weighted by molar-refractivity contribution is 6.28. The first-order chi connectivity index (χ1) is 9.72. The third-order valence-electron chi connectivity index (χ3n) is 2.58. The molecular weight excluding hydrogens is 280 g/mol. The summed E-state index contributed by atoms with van der Waals surface area (Å²) >= 11 is 5.87. The molecule has 8 heteroatoms. The molecule has 0 aliphatic heterocycles. The zero-order valence-electron chi connectivity index (χ0n) is 11.4.